The van der Waals surface area contributed by atoms with Crippen LogP contribution >= 0.6 is 0 Å². The molecule has 0 fully saturated rings. The second-order valence-corrected chi connectivity index (χ2v) is 6.09. The van der Waals surface area contributed by atoms with Gasteiger partial charge in [-0.3, -0.25) is 14.9 Å². The van der Waals surface area contributed by atoms with E-state index in [4.69, 9.17) is 9.47 Å². The van der Waals surface area contributed by atoms with E-state index < -0.39 is 16.8 Å². The van der Waals surface area contributed by atoms with Crippen LogP contribution in [0.15, 0.2) is 42.5 Å². The summed E-state index contributed by atoms with van der Waals surface area (Å²) in [5, 5.41) is 11.1. The van der Waals surface area contributed by atoms with E-state index >= 15 is 0 Å². The Bertz CT molecular complexity index is 881. The predicted octanol–water partition coefficient (Wildman–Crippen LogP) is 3.23. The van der Waals surface area contributed by atoms with Crippen molar-refractivity contribution >= 4 is 17.6 Å². The number of amides is 1. The molecule has 8 heteroatoms. The second-order valence-electron chi connectivity index (χ2n) is 6.09. The molecule has 0 aromatic heterocycles. The molecule has 0 aliphatic rings. The Balaban J connectivity index is 2.11. The van der Waals surface area contributed by atoms with Crippen LogP contribution in [0, 0.1) is 17.0 Å². The molecule has 0 spiro atoms. The Morgan fingerprint density at radius 3 is 2.46 bits per heavy atom. The number of nitro groups is 1. The molecule has 0 aliphatic heterocycles. The number of ether oxygens (including phenoxy) is 2. The molecular weight excluding hydrogens is 364 g/mol. The van der Waals surface area contributed by atoms with Gasteiger partial charge in [0.2, 0.25) is 0 Å². The van der Waals surface area contributed by atoms with Crippen LogP contribution in [0.4, 0.5) is 5.69 Å². The predicted molar refractivity (Wildman–Crippen MR) is 103 cm³/mol. The number of esters is 1. The van der Waals surface area contributed by atoms with Gasteiger partial charge in [-0.05, 0) is 31.5 Å². The highest BCUT2D eigenvalue weighted by atomic mass is 16.6. The third-order valence-corrected chi connectivity index (χ3v) is 4.01. The van der Waals surface area contributed by atoms with E-state index in [0.29, 0.717) is 0 Å². The van der Waals surface area contributed by atoms with Crippen LogP contribution in [0.1, 0.15) is 33.2 Å². The normalized spacial score (nSPS) is 10.2. The second kappa shape index (κ2) is 9.50. The average Bonchev–Trinajstić information content (AvgIpc) is 2.68. The molecule has 2 aromatic rings. The number of para-hydroxylation sites is 1. The summed E-state index contributed by atoms with van der Waals surface area (Å²) in [6, 6.07) is 11.1. The summed E-state index contributed by atoms with van der Waals surface area (Å²) in [7, 11) is 1.56. The minimum atomic E-state index is -0.717. The number of carbonyl (C=O) groups is 2. The first-order valence-corrected chi connectivity index (χ1v) is 8.74. The van der Waals surface area contributed by atoms with Crippen molar-refractivity contribution in [3.8, 4) is 5.75 Å². The molecule has 0 saturated heterocycles. The topological polar surface area (TPSA) is 99.0 Å². The maximum atomic E-state index is 12.7. The number of nitrogens with zero attached hydrogens (tertiary/aromatic N) is 2. The molecule has 0 radical (unpaired) electrons. The lowest BCUT2D eigenvalue weighted by Crippen LogP contribution is -2.31. The van der Waals surface area contributed by atoms with Crippen molar-refractivity contribution in [1.82, 2.24) is 4.90 Å². The van der Waals surface area contributed by atoms with Gasteiger partial charge in [-0.15, -0.1) is 0 Å². The van der Waals surface area contributed by atoms with Crippen LogP contribution in [-0.2, 0) is 4.74 Å². The summed E-state index contributed by atoms with van der Waals surface area (Å²) in [5.41, 5.74) is 0.632. The Labute approximate surface area is 162 Å². The quantitative estimate of drug-likeness (QED) is 0.392. The number of rotatable bonds is 8. The Morgan fingerprint density at radius 1 is 1.14 bits per heavy atom. The number of benzene rings is 2. The summed E-state index contributed by atoms with van der Waals surface area (Å²) >= 11 is 0. The minimum Gasteiger partial charge on any atom is -0.491 e. The smallest absolute Gasteiger partial charge is 0.338 e. The summed E-state index contributed by atoms with van der Waals surface area (Å²) in [4.78, 5) is 36.5. The maximum absolute atomic E-state index is 12.7. The highest BCUT2D eigenvalue weighted by Gasteiger charge is 2.20. The molecule has 0 bridgehead atoms. The van der Waals surface area contributed by atoms with E-state index in [1.54, 1.807) is 14.0 Å². The van der Waals surface area contributed by atoms with Crippen molar-refractivity contribution in [3.63, 3.8) is 0 Å². The van der Waals surface area contributed by atoms with E-state index in [1.165, 1.54) is 11.0 Å². The van der Waals surface area contributed by atoms with Gasteiger partial charge in [0.05, 0.1) is 23.6 Å². The average molecular weight is 386 g/mol. The van der Waals surface area contributed by atoms with Crippen LogP contribution in [0.2, 0.25) is 0 Å². The monoisotopic (exact) mass is 386 g/mol. The van der Waals surface area contributed by atoms with Crippen molar-refractivity contribution in [1.29, 1.82) is 0 Å². The summed E-state index contributed by atoms with van der Waals surface area (Å²) in [6.07, 6.45) is 0. The third-order valence-electron chi connectivity index (χ3n) is 4.01. The highest BCUT2D eigenvalue weighted by molar-refractivity contribution is 5.98. The number of aryl methyl sites for hydroxylation is 1. The van der Waals surface area contributed by atoms with Crippen molar-refractivity contribution in [3.05, 3.63) is 69.3 Å². The molecule has 0 aliphatic carbocycles. The lowest BCUT2D eigenvalue weighted by molar-refractivity contribution is -0.384. The number of non-ortho nitro benzene ring substituents is 1. The van der Waals surface area contributed by atoms with E-state index in [9.17, 15) is 19.7 Å². The Hall–Kier alpha value is -3.42. The first kappa shape index (κ1) is 20.9. The fraction of sp³-hybridized carbons (Fsp3) is 0.300. The van der Waals surface area contributed by atoms with Crippen molar-refractivity contribution in [2.45, 2.75) is 13.8 Å². The fourth-order valence-electron chi connectivity index (χ4n) is 2.51. The van der Waals surface area contributed by atoms with E-state index in [2.05, 4.69) is 0 Å². The largest absolute Gasteiger partial charge is 0.491 e. The van der Waals surface area contributed by atoms with Crippen molar-refractivity contribution < 1.29 is 24.0 Å². The zero-order valence-corrected chi connectivity index (χ0v) is 16.0. The minimum absolute atomic E-state index is 0.0376. The molecule has 8 nitrogen and oxygen atoms in total. The molecule has 2 rings (SSSR count). The van der Waals surface area contributed by atoms with Crippen LogP contribution < -0.4 is 4.74 Å². The summed E-state index contributed by atoms with van der Waals surface area (Å²) in [5.74, 6) is -0.447. The van der Waals surface area contributed by atoms with Gasteiger partial charge in [0.25, 0.3) is 11.6 Å². The molecule has 0 heterocycles. The van der Waals surface area contributed by atoms with Gasteiger partial charge >= 0.3 is 5.97 Å². The van der Waals surface area contributed by atoms with E-state index in [1.807, 2.05) is 31.2 Å². The summed E-state index contributed by atoms with van der Waals surface area (Å²) in [6.45, 7) is 4.20. The summed E-state index contributed by atoms with van der Waals surface area (Å²) < 4.78 is 10.5. The van der Waals surface area contributed by atoms with Gasteiger partial charge in [-0.1, -0.05) is 18.2 Å². The number of likely N-dealkylation sites (N-methyl/N-ethyl adjacent to an activating group) is 1. The van der Waals surface area contributed by atoms with Gasteiger partial charge < -0.3 is 14.4 Å². The third kappa shape index (κ3) is 5.29. The molecule has 0 unspecified atom stereocenters. The SMILES string of the molecule is CCOC(=O)c1cc(C(=O)N(C)CCOc2ccccc2C)cc([N+](=O)[O-])c1. The van der Waals surface area contributed by atoms with Gasteiger partial charge in [-0.2, -0.15) is 0 Å². The molecule has 148 valence electrons. The molecule has 0 atom stereocenters. The Kier molecular flexibility index (Phi) is 7.08. The number of hydrogen-bond donors (Lipinski definition) is 0. The molecule has 0 saturated carbocycles. The molecular formula is C20H22N2O6. The lowest BCUT2D eigenvalue weighted by Gasteiger charge is -2.18. The van der Waals surface area contributed by atoms with Gasteiger partial charge in [0, 0.05) is 24.7 Å². The molecule has 28 heavy (non-hydrogen) atoms. The van der Waals surface area contributed by atoms with Gasteiger partial charge in [0.1, 0.15) is 12.4 Å². The number of carbonyl (C=O) groups excluding carboxylic acids is 2. The maximum Gasteiger partial charge on any atom is 0.338 e. The van der Waals surface area contributed by atoms with Crippen LogP contribution in [0.5, 0.6) is 5.75 Å². The van der Waals surface area contributed by atoms with Gasteiger partial charge in [-0.25, -0.2) is 4.79 Å². The molecule has 1 amide bonds. The van der Waals surface area contributed by atoms with Crippen molar-refractivity contribution in [2.24, 2.45) is 0 Å². The van der Waals surface area contributed by atoms with E-state index in [-0.39, 0.29) is 36.6 Å². The first-order chi connectivity index (χ1) is 13.3. The van der Waals surface area contributed by atoms with E-state index in [0.717, 1.165) is 23.4 Å². The number of nitro benzene ring substituents is 1. The van der Waals surface area contributed by atoms with Crippen LogP contribution in [0.3, 0.4) is 0 Å². The van der Waals surface area contributed by atoms with Crippen molar-refractivity contribution in [2.75, 3.05) is 26.8 Å². The standard InChI is InChI=1S/C20H22N2O6/c1-4-27-20(24)16-11-15(12-17(13-16)22(25)26)19(23)21(3)9-10-28-18-8-6-5-7-14(18)2/h5-8,11-13H,4,9-10H2,1-3H3. The molecule has 0 N–H and O–H groups in total. The lowest BCUT2D eigenvalue weighted by atomic mass is 10.1. The van der Waals surface area contributed by atoms with Gasteiger partial charge in [0.15, 0.2) is 0 Å². The Morgan fingerprint density at radius 2 is 1.82 bits per heavy atom. The number of hydrogen-bond acceptors (Lipinski definition) is 6. The first-order valence-electron chi connectivity index (χ1n) is 8.74. The highest BCUT2D eigenvalue weighted by Crippen LogP contribution is 2.20. The zero-order chi connectivity index (χ0) is 20.7. The zero-order valence-electron chi connectivity index (χ0n) is 16.0. The fourth-order valence-corrected chi connectivity index (χ4v) is 2.51. The van der Waals surface area contributed by atoms with Crippen LogP contribution in [0.25, 0.3) is 0 Å². The van der Waals surface area contributed by atoms with Crippen LogP contribution in [-0.4, -0.2) is 48.5 Å². The molecule has 2 aromatic carbocycles.